The van der Waals surface area contributed by atoms with Gasteiger partial charge in [0.25, 0.3) is 0 Å². The molecule has 0 radical (unpaired) electrons. The first-order valence-electron chi connectivity index (χ1n) is 7.29. The van der Waals surface area contributed by atoms with Gasteiger partial charge in [-0.15, -0.1) is 0 Å². The van der Waals surface area contributed by atoms with Crippen LogP contribution in [0.3, 0.4) is 0 Å². The summed E-state index contributed by atoms with van der Waals surface area (Å²) in [6, 6.07) is 16.0. The molecule has 118 valence electrons. The van der Waals surface area contributed by atoms with Crippen LogP contribution >= 0.6 is 12.2 Å². The van der Waals surface area contributed by atoms with Crippen LogP contribution in [0, 0.1) is 11.7 Å². The maximum atomic E-state index is 5.37. The summed E-state index contributed by atoms with van der Waals surface area (Å²) in [5.41, 5.74) is 3.09. The highest BCUT2D eigenvalue weighted by molar-refractivity contribution is 7.71. The Morgan fingerprint density at radius 3 is 2.83 bits per heavy atom. The number of H-pyrrole nitrogens is 1. The Morgan fingerprint density at radius 2 is 2.04 bits per heavy atom. The second-order valence-corrected chi connectivity index (χ2v) is 5.56. The minimum absolute atomic E-state index is 0.529. The largest absolute Gasteiger partial charge is 0.495 e. The number of aryl methyl sites for hydroxylation is 1. The van der Waals surface area contributed by atoms with Crippen molar-refractivity contribution in [2.75, 3.05) is 12.4 Å². The summed E-state index contributed by atoms with van der Waals surface area (Å²) in [4.78, 5) is 0. The van der Waals surface area contributed by atoms with Crippen LogP contribution in [0.5, 0.6) is 5.75 Å². The zero-order valence-corrected chi connectivity index (χ0v) is 13.9. The average molecular weight is 326 g/mol. The molecule has 0 fully saturated rings. The molecule has 0 spiro atoms. The van der Waals surface area contributed by atoms with E-state index in [0.29, 0.717) is 11.3 Å². The number of rotatable bonds is 5. The summed E-state index contributed by atoms with van der Waals surface area (Å²) < 4.78 is 7.86. The first kappa shape index (κ1) is 15.3. The van der Waals surface area contributed by atoms with Gasteiger partial charge in [0.15, 0.2) is 10.6 Å². The molecule has 2 N–H and O–H groups in total. The molecule has 0 saturated carbocycles. The summed E-state index contributed by atoms with van der Waals surface area (Å²) in [7, 11) is 1.66. The highest BCUT2D eigenvalue weighted by Gasteiger charge is 2.09. The van der Waals surface area contributed by atoms with Crippen molar-refractivity contribution in [3.8, 4) is 11.4 Å². The van der Waals surface area contributed by atoms with Gasteiger partial charge < -0.3 is 10.1 Å². The lowest BCUT2D eigenvalue weighted by Gasteiger charge is -2.12. The lowest BCUT2D eigenvalue weighted by atomic mass is 10.2. The molecule has 3 rings (SSSR count). The quantitative estimate of drug-likeness (QED) is 0.699. The first-order chi connectivity index (χ1) is 11.2. The lowest BCUT2D eigenvalue weighted by Crippen LogP contribution is -2.08. The van der Waals surface area contributed by atoms with Crippen LogP contribution in [0.2, 0.25) is 0 Å². The van der Waals surface area contributed by atoms with Gasteiger partial charge in [-0.2, -0.15) is 5.10 Å². The van der Waals surface area contributed by atoms with E-state index in [1.54, 1.807) is 7.11 Å². The van der Waals surface area contributed by atoms with Crippen molar-refractivity contribution in [1.29, 1.82) is 0 Å². The zero-order chi connectivity index (χ0) is 16.2. The summed E-state index contributed by atoms with van der Waals surface area (Å²) in [5, 5.41) is 10.5. The van der Waals surface area contributed by atoms with Gasteiger partial charge in [-0.05, 0) is 49.0 Å². The van der Waals surface area contributed by atoms with E-state index in [-0.39, 0.29) is 0 Å². The number of hydrogen-bond acceptors (Lipinski definition) is 4. The molecule has 5 nitrogen and oxygen atoms in total. The lowest BCUT2D eigenvalue weighted by molar-refractivity contribution is 0.416. The van der Waals surface area contributed by atoms with Crippen LogP contribution < -0.4 is 10.1 Å². The number of para-hydroxylation sites is 2. The molecule has 1 aromatic heterocycles. The van der Waals surface area contributed by atoms with Gasteiger partial charge in [0.1, 0.15) is 5.75 Å². The van der Waals surface area contributed by atoms with Crippen LogP contribution in [0.25, 0.3) is 5.69 Å². The van der Waals surface area contributed by atoms with Crippen molar-refractivity contribution >= 4 is 17.9 Å². The Kier molecular flexibility index (Phi) is 4.43. The van der Waals surface area contributed by atoms with E-state index in [1.165, 1.54) is 5.56 Å². The molecule has 23 heavy (non-hydrogen) atoms. The van der Waals surface area contributed by atoms with Gasteiger partial charge in [0.05, 0.1) is 19.3 Å². The van der Waals surface area contributed by atoms with Crippen LogP contribution in [0.4, 0.5) is 5.69 Å². The van der Waals surface area contributed by atoms with Gasteiger partial charge in [-0.3, -0.25) is 9.67 Å². The van der Waals surface area contributed by atoms with Crippen molar-refractivity contribution < 1.29 is 4.74 Å². The predicted molar refractivity (Wildman–Crippen MR) is 93.8 cm³/mol. The van der Waals surface area contributed by atoms with Crippen LogP contribution in [-0.4, -0.2) is 21.9 Å². The van der Waals surface area contributed by atoms with Gasteiger partial charge >= 0.3 is 0 Å². The number of anilines is 1. The van der Waals surface area contributed by atoms with E-state index < -0.39 is 0 Å². The fraction of sp³-hybridized carbons (Fsp3) is 0.176. The molecule has 0 bridgehead atoms. The number of nitrogens with zero attached hydrogens (tertiary/aromatic N) is 2. The molecule has 1 heterocycles. The van der Waals surface area contributed by atoms with E-state index in [9.17, 15) is 0 Å². The Balaban J connectivity index is 1.89. The summed E-state index contributed by atoms with van der Waals surface area (Å²) in [5.74, 6) is 1.61. The molecule has 3 aromatic rings. The van der Waals surface area contributed by atoms with E-state index in [4.69, 9.17) is 17.0 Å². The van der Waals surface area contributed by atoms with E-state index in [0.717, 1.165) is 22.9 Å². The molecule has 0 aliphatic carbocycles. The van der Waals surface area contributed by atoms with Gasteiger partial charge in [-0.1, -0.05) is 24.3 Å². The molecule has 6 heteroatoms. The van der Waals surface area contributed by atoms with Crippen molar-refractivity contribution in [3.63, 3.8) is 0 Å². The molecule has 0 unspecified atom stereocenters. The van der Waals surface area contributed by atoms with Crippen molar-refractivity contribution in [1.82, 2.24) is 14.8 Å². The smallest absolute Gasteiger partial charge is 0.199 e. The van der Waals surface area contributed by atoms with Crippen molar-refractivity contribution in [2.45, 2.75) is 13.5 Å². The second kappa shape index (κ2) is 6.66. The molecule has 0 amide bonds. The molecule has 0 aliphatic rings. The summed E-state index contributed by atoms with van der Waals surface area (Å²) >= 11 is 5.37. The van der Waals surface area contributed by atoms with Gasteiger partial charge in [-0.25, -0.2) is 0 Å². The van der Waals surface area contributed by atoms with Crippen molar-refractivity contribution in [2.24, 2.45) is 0 Å². The molecule has 0 aliphatic heterocycles. The standard InChI is InChI=1S/C17H18N4OS/c1-12-6-5-7-13(10-12)21-16(19-20-17(21)23)11-18-14-8-3-4-9-15(14)22-2/h3-10,18H,11H2,1-2H3,(H,20,23). The number of hydrogen-bond donors (Lipinski definition) is 2. The molecular weight excluding hydrogens is 308 g/mol. The third-order valence-corrected chi connectivity index (χ3v) is 3.82. The normalized spacial score (nSPS) is 10.5. The zero-order valence-electron chi connectivity index (χ0n) is 13.0. The Labute approximate surface area is 139 Å². The number of aromatic amines is 1. The van der Waals surface area contributed by atoms with E-state index in [2.05, 4.69) is 34.6 Å². The van der Waals surface area contributed by atoms with E-state index in [1.807, 2.05) is 41.0 Å². The molecule has 2 aromatic carbocycles. The van der Waals surface area contributed by atoms with Crippen LogP contribution in [-0.2, 0) is 6.54 Å². The Morgan fingerprint density at radius 1 is 1.22 bits per heavy atom. The van der Waals surface area contributed by atoms with Crippen molar-refractivity contribution in [3.05, 3.63) is 64.7 Å². The molecule has 0 atom stereocenters. The maximum absolute atomic E-state index is 5.37. The average Bonchev–Trinajstić information content (AvgIpc) is 2.94. The maximum Gasteiger partial charge on any atom is 0.199 e. The first-order valence-corrected chi connectivity index (χ1v) is 7.70. The fourth-order valence-corrected chi connectivity index (χ4v) is 2.70. The van der Waals surface area contributed by atoms with E-state index >= 15 is 0 Å². The van der Waals surface area contributed by atoms with Crippen LogP contribution in [0.1, 0.15) is 11.4 Å². The van der Waals surface area contributed by atoms with Gasteiger partial charge in [0, 0.05) is 5.69 Å². The number of aromatic nitrogens is 3. The third kappa shape index (κ3) is 3.27. The van der Waals surface area contributed by atoms with Gasteiger partial charge in [0.2, 0.25) is 0 Å². The molecule has 0 saturated heterocycles. The number of methoxy groups -OCH3 is 1. The Hall–Kier alpha value is -2.60. The predicted octanol–water partition coefficient (Wildman–Crippen LogP) is 3.86. The third-order valence-electron chi connectivity index (χ3n) is 3.55. The number of benzene rings is 2. The SMILES string of the molecule is COc1ccccc1NCc1n[nH]c(=S)n1-c1cccc(C)c1. The number of nitrogens with one attached hydrogen (secondary N) is 2. The minimum atomic E-state index is 0.529. The Bertz CT molecular complexity index is 869. The van der Waals surface area contributed by atoms with Crippen LogP contribution in [0.15, 0.2) is 48.5 Å². The fourth-order valence-electron chi connectivity index (χ4n) is 2.45. The summed E-state index contributed by atoms with van der Waals surface area (Å²) in [6.07, 6.45) is 0. The molecular formula is C17H18N4OS. The number of ether oxygens (including phenoxy) is 1. The minimum Gasteiger partial charge on any atom is -0.495 e. The topological polar surface area (TPSA) is 54.9 Å². The second-order valence-electron chi connectivity index (χ2n) is 5.17. The highest BCUT2D eigenvalue weighted by Crippen LogP contribution is 2.23. The highest BCUT2D eigenvalue weighted by atomic mass is 32.1. The monoisotopic (exact) mass is 326 g/mol. The summed E-state index contributed by atoms with van der Waals surface area (Å²) in [6.45, 7) is 2.58.